The second-order valence-electron chi connectivity index (χ2n) is 5.41. The zero-order valence-electron chi connectivity index (χ0n) is 10.9. The fraction of sp³-hybridized carbons (Fsp3) is 0.786. The molecular formula is C14H20O4. The lowest BCUT2D eigenvalue weighted by Gasteiger charge is -2.37. The molecule has 1 aliphatic heterocycles. The summed E-state index contributed by atoms with van der Waals surface area (Å²) in [5.41, 5.74) is -0.602. The van der Waals surface area contributed by atoms with Crippen LogP contribution >= 0.6 is 0 Å². The van der Waals surface area contributed by atoms with Gasteiger partial charge in [-0.15, -0.1) is 0 Å². The molecule has 18 heavy (non-hydrogen) atoms. The van der Waals surface area contributed by atoms with Crippen LogP contribution in [0.15, 0.2) is 0 Å². The van der Waals surface area contributed by atoms with Crippen molar-refractivity contribution in [3.63, 3.8) is 0 Å². The maximum absolute atomic E-state index is 12.1. The van der Waals surface area contributed by atoms with Crippen molar-refractivity contribution in [1.29, 1.82) is 0 Å². The number of carbonyl (C=O) groups is 3. The molecule has 0 N–H and O–H groups in total. The van der Waals surface area contributed by atoms with Crippen LogP contribution in [0.4, 0.5) is 0 Å². The molecule has 4 nitrogen and oxygen atoms in total. The Morgan fingerprint density at radius 2 is 1.83 bits per heavy atom. The Hall–Kier alpha value is -1.19. The summed E-state index contributed by atoms with van der Waals surface area (Å²) in [7, 11) is 0. The third-order valence-corrected chi connectivity index (χ3v) is 4.06. The van der Waals surface area contributed by atoms with E-state index in [4.69, 9.17) is 4.74 Å². The van der Waals surface area contributed by atoms with Gasteiger partial charge in [0, 0.05) is 12.8 Å². The summed E-state index contributed by atoms with van der Waals surface area (Å²) < 4.78 is 5.52. The molecule has 2 rings (SSSR count). The van der Waals surface area contributed by atoms with Crippen molar-refractivity contribution >= 4 is 17.5 Å². The van der Waals surface area contributed by atoms with Crippen molar-refractivity contribution in [3.05, 3.63) is 0 Å². The zero-order valence-corrected chi connectivity index (χ0v) is 10.9. The average molecular weight is 252 g/mol. The zero-order chi connectivity index (χ0) is 13.2. The largest absolute Gasteiger partial charge is 0.458 e. The number of hydrogen-bond acceptors (Lipinski definition) is 4. The molecule has 1 spiro atoms. The van der Waals surface area contributed by atoms with Crippen molar-refractivity contribution in [2.24, 2.45) is 5.92 Å². The maximum Gasteiger partial charge on any atom is 0.324 e. The maximum atomic E-state index is 12.1. The number of esters is 1. The van der Waals surface area contributed by atoms with Crippen molar-refractivity contribution in [3.8, 4) is 0 Å². The van der Waals surface area contributed by atoms with E-state index in [2.05, 4.69) is 0 Å². The van der Waals surface area contributed by atoms with Gasteiger partial charge in [-0.3, -0.25) is 14.4 Å². The summed E-state index contributed by atoms with van der Waals surface area (Å²) in [5, 5.41) is 0. The van der Waals surface area contributed by atoms with Crippen molar-refractivity contribution in [2.45, 2.75) is 63.9 Å². The highest BCUT2D eigenvalue weighted by atomic mass is 16.6. The standard InChI is InChI=1S/C14H20O4/c1-2-10(15)12-11(16)9-14(18-13(12)17)7-5-3-4-6-8-14/h12H,2-9H2,1H3. The van der Waals surface area contributed by atoms with Gasteiger partial charge in [0.25, 0.3) is 0 Å². The first-order chi connectivity index (χ1) is 8.58. The molecule has 1 unspecified atom stereocenters. The molecule has 1 aliphatic carbocycles. The van der Waals surface area contributed by atoms with Gasteiger partial charge in [-0.2, -0.15) is 0 Å². The van der Waals surface area contributed by atoms with Gasteiger partial charge in [-0.1, -0.05) is 19.8 Å². The third kappa shape index (κ3) is 2.47. The molecule has 0 amide bonds. The van der Waals surface area contributed by atoms with Crippen LogP contribution in [0.5, 0.6) is 0 Å². The van der Waals surface area contributed by atoms with E-state index in [-0.39, 0.29) is 24.4 Å². The van der Waals surface area contributed by atoms with Gasteiger partial charge in [-0.25, -0.2) is 0 Å². The Labute approximate surface area is 107 Å². The molecule has 4 heteroatoms. The molecular weight excluding hydrogens is 232 g/mol. The second kappa shape index (κ2) is 5.21. The summed E-state index contributed by atoms with van der Waals surface area (Å²) in [5.74, 6) is -2.31. The Morgan fingerprint density at radius 3 is 2.33 bits per heavy atom. The topological polar surface area (TPSA) is 60.4 Å². The van der Waals surface area contributed by atoms with E-state index in [9.17, 15) is 14.4 Å². The number of ketones is 2. The highest BCUT2D eigenvalue weighted by Gasteiger charge is 2.48. The minimum atomic E-state index is -1.15. The van der Waals surface area contributed by atoms with Gasteiger partial charge < -0.3 is 4.74 Å². The normalized spacial score (nSPS) is 27.7. The minimum absolute atomic E-state index is 0.207. The van der Waals surface area contributed by atoms with E-state index in [1.165, 1.54) is 0 Å². The lowest BCUT2D eigenvalue weighted by atomic mass is 9.80. The van der Waals surface area contributed by atoms with Crippen LogP contribution in [0.2, 0.25) is 0 Å². The first kappa shape index (κ1) is 13.2. The predicted octanol–water partition coefficient (Wildman–Crippen LogP) is 2.19. The highest BCUT2D eigenvalue weighted by molar-refractivity contribution is 6.18. The van der Waals surface area contributed by atoms with Gasteiger partial charge in [0.1, 0.15) is 5.60 Å². The van der Waals surface area contributed by atoms with Gasteiger partial charge in [0.15, 0.2) is 17.5 Å². The van der Waals surface area contributed by atoms with Gasteiger partial charge >= 0.3 is 5.97 Å². The molecule has 2 aliphatic rings. The SMILES string of the molecule is CCC(=O)C1C(=O)CC2(CCCCCC2)OC1=O. The van der Waals surface area contributed by atoms with E-state index in [1.807, 2.05) is 0 Å². The van der Waals surface area contributed by atoms with Crippen LogP contribution in [0.25, 0.3) is 0 Å². The number of ether oxygens (including phenoxy) is 1. The summed E-state index contributed by atoms with van der Waals surface area (Å²) in [4.78, 5) is 35.6. The first-order valence-corrected chi connectivity index (χ1v) is 6.86. The van der Waals surface area contributed by atoms with E-state index >= 15 is 0 Å². The number of rotatable bonds is 2. The molecule has 0 aromatic rings. The minimum Gasteiger partial charge on any atom is -0.458 e. The number of carbonyl (C=O) groups excluding carboxylic acids is 3. The van der Waals surface area contributed by atoms with Crippen LogP contribution in [-0.2, 0) is 19.1 Å². The Bertz CT molecular complexity index is 344. The van der Waals surface area contributed by atoms with Crippen molar-refractivity contribution in [2.75, 3.05) is 0 Å². The van der Waals surface area contributed by atoms with E-state index < -0.39 is 17.5 Å². The van der Waals surface area contributed by atoms with Crippen LogP contribution in [-0.4, -0.2) is 23.1 Å². The molecule has 1 saturated heterocycles. The Kier molecular flexibility index (Phi) is 3.83. The van der Waals surface area contributed by atoms with Crippen LogP contribution < -0.4 is 0 Å². The fourth-order valence-electron chi connectivity index (χ4n) is 3.03. The summed E-state index contributed by atoms with van der Waals surface area (Å²) in [6.45, 7) is 1.67. The molecule has 1 saturated carbocycles. The third-order valence-electron chi connectivity index (χ3n) is 4.06. The lowest BCUT2D eigenvalue weighted by Crippen LogP contribution is -2.49. The molecule has 100 valence electrons. The Morgan fingerprint density at radius 1 is 1.22 bits per heavy atom. The van der Waals surface area contributed by atoms with Crippen LogP contribution in [0, 0.1) is 5.92 Å². The lowest BCUT2D eigenvalue weighted by molar-refractivity contribution is -0.179. The first-order valence-electron chi connectivity index (χ1n) is 6.86. The summed E-state index contributed by atoms with van der Waals surface area (Å²) >= 11 is 0. The molecule has 0 bridgehead atoms. The van der Waals surface area contributed by atoms with Crippen LogP contribution in [0.1, 0.15) is 58.3 Å². The molecule has 0 radical (unpaired) electrons. The van der Waals surface area contributed by atoms with E-state index in [1.54, 1.807) is 6.92 Å². The van der Waals surface area contributed by atoms with Gasteiger partial charge in [0.2, 0.25) is 0 Å². The monoisotopic (exact) mass is 252 g/mol. The van der Waals surface area contributed by atoms with E-state index in [0.717, 1.165) is 38.5 Å². The molecule has 1 atom stereocenters. The summed E-state index contributed by atoms with van der Waals surface area (Å²) in [6, 6.07) is 0. The quantitative estimate of drug-likeness (QED) is 0.558. The number of Topliss-reactive ketones (excluding diaryl/α,β-unsaturated/α-hetero) is 2. The number of hydrogen-bond donors (Lipinski definition) is 0. The second-order valence-corrected chi connectivity index (χ2v) is 5.41. The average Bonchev–Trinajstić information content (AvgIpc) is 2.53. The molecule has 0 aromatic heterocycles. The fourth-order valence-corrected chi connectivity index (χ4v) is 3.03. The van der Waals surface area contributed by atoms with Gasteiger partial charge in [-0.05, 0) is 25.7 Å². The predicted molar refractivity (Wildman–Crippen MR) is 64.9 cm³/mol. The molecule has 2 fully saturated rings. The van der Waals surface area contributed by atoms with Crippen LogP contribution in [0.3, 0.4) is 0 Å². The molecule has 1 heterocycles. The van der Waals surface area contributed by atoms with E-state index in [0.29, 0.717) is 0 Å². The van der Waals surface area contributed by atoms with Gasteiger partial charge in [0.05, 0.1) is 0 Å². The van der Waals surface area contributed by atoms with Crippen molar-refractivity contribution in [1.82, 2.24) is 0 Å². The Balaban J connectivity index is 2.15. The summed E-state index contributed by atoms with van der Waals surface area (Å²) in [6.07, 6.45) is 6.21. The highest BCUT2D eigenvalue weighted by Crippen LogP contribution is 2.38. The van der Waals surface area contributed by atoms with Crippen molar-refractivity contribution < 1.29 is 19.1 Å². The smallest absolute Gasteiger partial charge is 0.324 e. The molecule has 0 aromatic carbocycles.